The summed E-state index contributed by atoms with van der Waals surface area (Å²) in [5.41, 5.74) is 3.11. The van der Waals surface area contributed by atoms with Crippen molar-refractivity contribution >= 4 is 11.8 Å². The second-order valence-electron chi connectivity index (χ2n) is 19.3. The maximum atomic E-state index is 13.9. The van der Waals surface area contributed by atoms with E-state index >= 15 is 0 Å². The summed E-state index contributed by atoms with van der Waals surface area (Å²) in [6, 6.07) is 5.92. The number of carbonyl (C=O) groups excluding carboxylic acids is 2. The summed E-state index contributed by atoms with van der Waals surface area (Å²) in [7, 11) is 0. The van der Waals surface area contributed by atoms with Crippen LogP contribution in [0.5, 0.6) is 0 Å². The lowest BCUT2D eigenvalue weighted by Gasteiger charge is -2.69. The van der Waals surface area contributed by atoms with Gasteiger partial charge in [-0.05, 0) is 115 Å². The molecule has 1 heterocycles. The minimum atomic E-state index is -0.604. The third kappa shape index (κ3) is 5.93. The molecule has 0 radical (unpaired) electrons. The molecule has 0 aromatic carbocycles. The number of esters is 1. The summed E-state index contributed by atoms with van der Waals surface area (Å²) in [5, 5.41) is 15.5. The molecule has 6 rings (SSSR count). The van der Waals surface area contributed by atoms with Gasteiger partial charge >= 0.3 is 5.97 Å². The summed E-state index contributed by atoms with van der Waals surface area (Å²) in [6.45, 7) is 21.7. The Morgan fingerprint density at radius 3 is 2.40 bits per heavy atom. The normalized spacial score (nSPS) is 38.1. The molecule has 5 aliphatic carbocycles. The number of rotatable bonds is 8. The molecule has 266 valence electrons. The van der Waals surface area contributed by atoms with Crippen LogP contribution in [0.1, 0.15) is 132 Å². The smallest absolute Gasteiger partial charge is 0.306 e. The number of ether oxygens (including phenoxy) is 1. The predicted octanol–water partition coefficient (Wildman–Crippen LogP) is 8.47. The number of aliphatic hydroxyl groups excluding tert-OH is 1. The first-order chi connectivity index (χ1) is 22.4. The van der Waals surface area contributed by atoms with E-state index in [2.05, 4.69) is 72.6 Å². The highest BCUT2D eigenvalue weighted by Gasteiger charge is 2.67. The highest BCUT2D eigenvalue weighted by atomic mass is 16.5. The number of ketones is 1. The SMILES string of the molecule is CC(C)C1=C2C3CCC4C(C)(CCC5C(C)(C)C(OC(=O)CC(C)(C)C)CCC54C)C3CCC2(C(O)CNCc2ccccn2)CC1=O. The first-order valence-corrected chi connectivity index (χ1v) is 19.2. The van der Waals surface area contributed by atoms with Gasteiger partial charge in [0.05, 0.1) is 18.2 Å². The molecule has 2 N–H and O–H groups in total. The van der Waals surface area contributed by atoms with E-state index in [1.54, 1.807) is 6.20 Å². The van der Waals surface area contributed by atoms with Crippen LogP contribution in [0, 0.1) is 56.7 Å². The van der Waals surface area contributed by atoms with Crippen molar-refractivity contribution in [3.8, 4) is 0 Å². The largest absolute Gasteiger partial charge is 0.462 e. The summed E-state index contributed by atoms with van der Waals surface area (Å²) < 4.78 is 6.29. The number of hydrogen-bond donors (Lipinski definition) is 2. The zero-order chi connectivity index (χ0) is 34.9. The van der Waals surface area contributed by atoms with E-state index in [-0.39, 0.29) is 45.4 Å². The Labute approximate surface area is 290 Å². The summed E-state index contributed by atoms with van der Waals surface area (Å²) >= 11 is 0. The van der Waals surface area contributed by atoms with Crippen molar-refractivity contribution in [3.05, 3.63) is 41.2 Å². The molecule has 1 aromatic heterocycles. The Morgan fingerprint density at radius 2 is 1.73 bits per heavy atom. The molecule has 0 aliphatic heterocycles. The van der Waals surface area contributed by atoms with Gasteiger partial charge in [-0.15, -0.1) is 0 Å². The zero-order valence-electron chi connectivity index (χ0n) is 31.5. The van der Waals surface area contributed by atoms with Gasteiger partial charge in [0.2, 0.25) is 0 Å². The fourth-order valence-electron chi connectivity index (χ4n) is 12.6. The van der Waals surface area contributed by atoms with Crippen LogP contribution < -0.4 is 5.32 Å². The van der Waals surface area contributed by atoms with Gasteiger partial charge in [0.15, 0.2) is 5.78 Å². The Balaban J connectivity index is 1.25. The molecule has 9 atom stereocenters. The van der Waals surface area contributed by atoms with E-state index in [1.165, 1.54) is 18.4 Å². The van der Waals surface area contributed by atoms with Crippen LogP contribution in [-0.4, -0.2) is 40.6 Å². The first-order valence-electron chi connectivity index (χ1n) is 19.2. The second kappa shape index (κ2) is 12.6. The van der Waals surface area contributed by atoms with E-state index in [0.29, 0.717) is 49.6 Å². The van der Waals surface area contributed by atoms with Crippen LogP contribution in [0.3, 0.4) is 0 Å². The molecule has 4 fully saturated rings. The van der Waals surface area contributed by atoms with E-state index < -0.39 is 11.5 Å². The fourth-order valence-corrected chi connectivity index (χ4v) is 12.6. The van der Waals surface area contributed by atoms with E-state index in [1.807, 2.05) is 18.2 Å². The number of aliphatic hydroxyl groups is 1. The highest BCUT2D eigenvalue weighted by Crippen LogP contribution is 2.73. The molecule has 0 spiro atoms. The number of pyridine rings is 1. The minimum absolute atomic E-state index is 0.0301. The molecule has 6 heteroatoms. The maximum absolute atomic E-state index is 13.9. The van der Waals surface area contributed by atoms with Gasteiger partial charge in [-0.3, -0.25) is 14.6 Å². The van der Waals surface area contributed by atoms with Crippen LogP contribution >= 0.6 is 0 Å². The summed E-state index contributed by atoms with van der Waals surface area (Å²) in [5.74, 6) is 2.38. The number of fused-ring (bicyclic) bond motifs is 7. The number of nitrogens with zero attached hydrogens (tertiary/aromatic N) is 1. The van der Waals surface area contributed by atoms with Gasteiger partial charge < -0.3 is 15.2 Å². The summed E-state index contributed by atoms with van der Waals surface area (Å²) in [6.07, 6.45) is 10.7. The molecule has 6 nitrogen and oxygen atoms in total. The molecule has 4 saturated carbocycles. The number of Topliss-reactive ketones (excluding diaryl/α,β-unsaturated/α-hetero) is 1. The van der Waals surface area contributed by atoms with Crippen LogP contribution in [0.25, 0.3) is 0 Å². The molecular formula is C42H64N2O4. The minimum Gasteiger partial charge on any atom is -0.462 e. The Morgan fingerprint density at radius 1 is 1.00 bits per heavy atom. The van der Waals surface area contributed by atoms with Crippen molar-refractivity contribution in [2.24, 2.45) is 56.7 Å². The molecule has 48 heavy (non-hydrogen) atoms. The quantitative estimate of drug-likeness (QED) is 0.272. The third-order valence-electron chi connectivity index (χ3n) is 14.5. The fraction of sp³-hybridized carbons (Fsp3) is 0.786. The van der Waals surface area contributed by atoms with Gasteiger partial charge in [0.25, 0.3) is 0 Å². The topological polar surface area (TPSA) is 88.5 Å². The van der Waals surface area contributed by atoms with Crippen molar-refractivity contribution in [2.45, 2.75) is 145 Å². The van der Waals surface area contributed by atoms with Gasteiger partial charge in [-0.1, -0.05) is 74.0 Å². The van der Waals surface area contributed by atoms with Crippen LogP contribution in [0.4, 0.5) is 0 Å². The second-order valence-corrected chi connectivity index (χ2v) is 19.3. The van der Waals surface area contributed by atoms with Gasteiger partial charge in [0, 0.05) is 36.5 Å². The van der Waals surface area contributed by atoms with Gasteiger partial charge in [0.1, 0.15) is 6.10 Å². The zero-order valence-corrected chi connectivity index (χ0v) is 31.5. The first kappa shape index (κ1) is 35.8. The number of nitrogens with one attached hydrogen (secondary N) is 1. The lowest BCUT2D eigenvalue weighted by molar-refractivity contribution is -0.214. The molecule has 0 saturated heterocycles. The monoisotopic (exact) mass is 660 g/mol. The van der Waals surface area contributed by atoms with E-state index in [4.69, 9.17) is 4.74 Å². The van der Waals surface area contributed by atoms with Crippen LogP contribution in [0.15, 0.2) is 35.5 Å². The molecular weight excluding hydrogens is 596 g/mol. The highest BCUT2D eigenvalue weighted by molar-refractivity contribution is 6.00. The lowest BCUT2D eigenvalue weighted by atomic mass is 9.36. The number of carbonyl (C=O) groups is 2. The van der Waals surface area contributed by atoms with Crippen LogP contribution in [0.2, 0.25) is 0 Å². The summed E-state index contributed by atoms with van der Waals surface area (Å²) in [4.78, 5) is 31.3. The average molecular weight is 661 g/mol. The van der Waals surface area contributed by atoms with E-state index in [0.717, 1.165) is 49.8 Å². The lowest BCUT2D eigenvalue weighted by Crippen LogP contribution is -2.63. The van der Waals surface area contributed by atoms with Crippen molar-refractivity contribution < 1.29 is 19.4 Å². The average Bonchev–Trinajstić information content (AvgIpc) is 3.31. The molecule has 5 aliphatic rings. The Kier molecular flexibility index (Phi) is 9.40. The standard InChI is InChI=1S/C42H64N2O4/c1-26(2)36-30(45)22-42(33(46)25-43-24-27-12-10-11-21-44-27)20-15-29-28(37(36)42)13-14-32-40(29,8)18-16-31-39(6,7)34(17-19-41(31,32)9)48-35(47)23-38(3,4)5/h10-12,21,26,28-29,31-34,43,46H,13-20,22-25H2,1-9H3. The molecule has 0 amide bonds. The number of hydrogen-bond acceptors (Lipinski definition) is 6. The van der Waals surface area contributed by atoms with Crippen molar-refractivity contribution in [1.29, 1.82) is 0 Å². The molecule has 0 bridgehead atoms. The van der Waals surface area contributed by atoms with Gasteiger partial charge in [-0.25, -0.2) is 0 Å². The van der Waals surface area contributed by atoms with Crippen molar-refractivity contribution in [1.82, 2.24) is 10.3 Å². The van der Waals surface area contributed by atoms with Crippen LogP contribution in [-0.2, 0) is 20.9 Å². The van der Waals surface area contributed by atoms with Crippen molar-refractivity contribution in [2.75, 3.05) is 6.54 Å². The Hall–Kier alpha value is -2.05. The van der Waals surface area contributed by atoms with Crippen molar-refractivity contribution in [3.63, 3.8) is 0 Å². The van der Waals surface area contributed by atoms with E-state index in [9.17, 15) is 14.7 Å². The number of aromatic nitrogens is 1. The Bertz CT molecular complexity index is 1410. The maximum Gasteiger partial charge on any atom is 0.306 e. The number of allylic oxidation sites excluding steroid dienone is 1. The van der Waals surface area contributed by atoms with Gasteiger partial charge in [-0.2, -0.15) is 0 Å². The predicted molar refractivity (Wildman–Crippen MR) is 191 cm³/mol. The third-order valence-corrected chi connectivity index (χ3v) is 14.5. The molecule has 9 unspecified atom stereocenters. The molecule has 1 aromatic rings.